The minimum absolute atomic E-state index is 0.231. The lowest BCUT2D eigenvalue weighted by Gasteiger charge is -2.31. The van der Waals surface area contributed by atoms with Crippen LogP contribution in [-0.2, 0) is 10.6 Å². The summed E-state index contributed by atoms with van der Waals surface area (Å²) in [6.45, 7) is 5.93. The van der Waals surface area contributed by atoms with Crippen LogP contribution in [0.4, 0.5) is 11.8 Å². The molecule has 3 aromatic heterocycles. The maximum absolute atomic E-state index is 6.30. The van der Waals surface area contributed by atoms with E-state index in [-0.39, 0.29) is 6.04 Å². The van der Waals surface area contributed by atoms with E-state index in [1.165, 1.54) is 0 Å². The first-order valence-corrected chi connectivity index (χ1v) is 10.4. The summed E-state index contributed by atoms with van der Waals surface area (Å²) in [5, 5.41) is 0. The van der Waals surface area contributed by atoms with Crippen molar-refractivity contribution >= 4 is 34.4 Å². The number of hydrogen-bond donors (Lipinski definition) is 1. The Morgan fingerprint density at radius 2 is 1.97 bits per heavy atom. The number of piperidine rings is 1. The van der Waals surface area contributed by atoms with Gasteiger partial charge in [-0.3, -0.25) is 4.98 Å². The molecular weight excluding hydrogens is 390 g/mol. The number of nitrogens with two attached hydrogens (primary N) is 1. The molecule has 0 aromatic carbocycles. The van der Waals surface area contributed by atoms with E-state index in [1.54, 1.807) is 19.5 Å². The van der Waals surface area contributed by atoms with Crippen molar-refractivity contribution in [1.82, 2.24) is 24.5 Å². The van der Waals surface area contributed by atoms with Crippen LogP contribution in [0.2, 0.25) is 0 Å². The average molecular weight is 416 g/mol. The average Bonchev–Trinajstić information content (AvgIpc) is 3.12. The van der Waals surface area contributed by atoms with Gasteiger partial charge in [-0.05, 0) is 32.8 Å². The lowest BCUT2D eigenvalue weighted by molar-refractivity contribution is 0.0816. The monoisotopic (exact) mass is 415 g/mol. The third kappa shape index (κ3) is 3.74. The van der Waals surface area contributed by atoms with Gasteiger partial charge in [0, 0.05) is 32.4 Å². The van der Waals surface area contributed by atoms with Crippen LogP contribution in [-0.4, -0.2) is 50.8 Å². The highest BCUT2D eigenvalue weighted by molar-refractivity contribution is 6.16. The first-order valence-electron chi connectivity index (χ1n) is 9.85. The zero-order valence-electron chi connectivity index (χ0n) is 17.0. The minimum Gasteiger partial charge on any atom is -0.383 e. The molecule has 4 heterocycles. The Balaban J connectivity index is 1.66. The van der Waals surface area contributed by atoms with Crippen molar-refractivity contribution in [2.75, 3.05) is 30.8 Å². The quantitative estimate of drug-likeness (QED) is 0.638. The van der Waals surface area contributed by atoms with Crippen molar-refractivity contribution < 1.29 is 4.74 Å². The van der Waals surface area contributed by atoms with Gasteiger partial charge < -0.3 is 19.9 Å². The molecule has 3 aromatic rings. The predicted molar refractivity (Wildman–Crippen MR) is 115 cm³/mol. The Kier molecular flexibility index (Phi) is 5.56. The molecule has 0 saturated carbocycles. The molecule has 0 spiro atoms. The summed E-state index contributed by atoms with van der Waals surface area (Å²) in [6.07, 6.45) is 5.74. The number of halogens is 1. The van der Waals surface area contributed by atoms with Gasteiger partial charge in [0.2, 0.25) is 5.95 Å². The highest BCUT2D eigenvalue weighted by atomic mass is 35.5. The van der Waals surface area contributed by atoms with Gasteiger partial charge in [0.25, 0.3) is 0 Å². The molecule has 1 saturated heterocycles. The van der Waals surface area contributed by atoms with Crippen LogP contribution >= 0.6 is 11.6 Å². The van der Waals surface area contributed by atoms with Crippen LogP contribution < -0.4 is 10.6 Å². The smallest absolute Gasteiger partial charge is 0.227 e. The molecule has 0 amide bonds. The molecule has 0 radical (unpaired) electrons. The second-order valence-corrected chi connectivity index (χ2v) is 7.84. The summed E-state index contributed by atoms with van der Waals surface area (Å²) in [7, 11) is 1.76. The number of nitrogens with zero attached hydrogens (tertiary/aromatic N) is 6. The normalized spacial score (nSPS) is 15.6. The number of ether oxygens (including phenoxy) is 1. The van der Waals surface area contributed by atoms with E-state index in [1.807, 2.05) is 6.07 Å². The molecule has 29 heavy (non-hydrogen) atoms. The molecule has 0 atom stereocenters. The first kappa shape index (κ1) is 19.8. The van der Waals surface area contributed by atoms with E-state index in [4.69, 9.17) is 22.1 Å². The van der Waals surface area contributed by atoms with Crippen molar-refractivity contribution in [3.8, 4) is 11.3 Å². The van der Waals surface area contributed by atoms with Gasteiger partial charge >= 0.3 is 0 Å². The maximum atomic E-state index is 6.30. The van der Waals surface area contributed by atoms with Gasteiger partial charge in [-0.1, -0.05) is 0 Å². The molecule has 8 nitrogen and oxygen atoms in total. The van der Waals surface area contributed by atoms with Crippen molar-refractivity contribution in [3.05, 3.63) is 24.3 Å². The Hall–Kier alpha value is -2.45. The summed E-state index contributed by atoms with van der Waals surface area (Å²) in [4.78, 5) is 20.4. The number of rotatable bonds is 5. The Bertz CT molecular complexity index is 1010. The van der Waals surface area contributed by atoms with Gasteiger partial charge in [0.15, 0.2) is 0 Å². The third-order valence-corrected chi connectivity index (χ3v) is 5.66. The number of pyridine rings is 1. The number of nitrogen functional groups attached to an aromatic ring is 1. The fourth-order valence-corrected chi connectivity index (χ4v) is 4.08. The molecule has 0 bridgehead atoms. The van der Waals surface area contributed by atoms with Gasteiger partial charge in [-0.2, -0.15) is 4.98 Å². The Labute approximate surface area is 175 Å². The van der Waals surface area contributed by atoms with Crippen LogP contribution in [0, 0.1) is 0 Å². The molecule has 0 unspecified atom stereocenters. The molecule has 1 aliphatic rings. The number of methoxy groups -OCH3 is 1. The SMILES string of the molecule is COC1CCN(c2ncc(-c3cc4c(cn3)nc(CCl)n4C(C)C)c(N)n2)CC1. The number of imidazole rings is 1. The molecule has 4 rings (SSSR count). The number of anilines is 2. The topological polar surface area (TPSA) is 95.0 Å². The van der Waals surface area contributed by atoms with E-state index in [9.17, 15) is 0 Å². The standard InChI is InChI=1S/C20H26ClN7O/c1-12(2)28-17-8-15(23-11-16(17)25-18(28)9-21)14-10-24-20(26-19(14)22)27-6-4-13(29-3)5-7-27/h8,10-13H,4-7,9H2,1-3H3,(H2,22,24,26). The summed E-state index contributed by atoms with van der Waals surface area (Å²) < 4.78 is 7.56. The van der Waals surface area contributed by atoms with Crippen molar-refractivity contribution in [1.29, 1.82) is 0 Å². The van der Waals surface area contributed by atoms with Crippen LogP contribution in [0.25, 0.3) is 22.3 Å². The van der Waals surface area contributed by atoms with Crippen molar-refractivity contribution in [2.24, 2.45) is 0 Å². The lowest BCUT2D eigenvalue weighted by Crippen LogP contribution is -2.37. The third-order valence-electron chi connectivity index (χ3n) is 5.42. The zero-order valence-corrected chi connectivity index (χ0v) is 17.7. The number of aromatic nitrogens is 5. The molecule has 2 N–H and O–H groups in total. The lowest BCUT2D eigenvalue weighted by atomic mass is 10.1. The second-order valence-electron chi connectivity index (χ2n) is 7.57. The van der Waals surface area contributed by atoms with E-state index in [2.05, 4.69) is 43.3 Å². The molecular formula is C20H26ClN7O. The van der Waals surface area contributed by atoms with Crippen molar-refractivity contribution in [2.45, 2.75) is 44.7 Å². The van der Waals surface area contributed by atoms with Crippen molar-refractivity contribution in [3.63, 3.8) is 0 Å². The molecule has 9 heteroatoms. The van der Waals surface area contributed by atoms with E-state index in [0.717, 1.165) is 48.5 Å². The minimum atomic E-state index is 0.231. The molecule has 1 aliphatic heterocycles. The van der Waals surface area contributed by atoms with Crippen LogP contribution in [0.1, 0.15) is 38.6 Å². The Morgan fingerprint density at radius 1 is 1.21 bits per heavy atom. The predicted octanol–water partition coefficient (Wildman–Crippen LogP) is 3.41. The van der Waals surface area contributed by atoms with E-state index >= 15 is 0 Å². The largest absolute Gasteiger partial charge is 0.383 e. The summed E-state index contributed by atoms with van der Waals surface area (Å²) in [5.41, 5.74) is 9.53. The fraction of sp³-hybridized carbons (Fsp3) is 0.500. The molecule has 154 valence electrons. The van der Waals surface area contributed by atoms with Crippen LogP contribution in [0.15, 0.2) is 18.5 Å². The van der Waals surface area contributed by atoms with E-state index in [0.29, 0.717) is 29.3 Å². The van der Waals surface area contributed by atoms with Crippen LogP contribution in [0.5, 0.6) is 0 Å². The van der Waals surface area contributed by atoms with Gasteiger partial charge in [0.1, 0.15) is 17.2 Å². The summed E-state index contributed by atoms with van der Waals surface area (Å²) in [5.74, 6) is 2.25. The zero-order chi connectivity index (χ0) is 20.5. The Morgan fingerprint density at radius 3 is 2.59 bits per heavy atom. The number of fused-ring (bicyclic) bond motifs is 1. The summed E-state index contributed by atoms with van der Waals surface area (Å²) >= 11 is 6.08. The van der Waals surface area contributed by atoms with Gasteiger partial charge in [-0.25, -0.2) is 9.97 Å². The summed E-state index contributed by atoms with van der Waals surface area (Å²) in [6, 6.07) is 2.21. The molecule has 0 aliphatic carbocycles. The molecule has 1 fully saturated rings. The van der Waals surface area contributed by atoms with Crippen LogP contribution in [0.3, 0.4) is 0 Å². The first-order chi connectivity index (χ1) is 14.0. The fourth-order valence-electron chi connectivity index (χ4n) is 3.89. The van der Waals surface area contributed by atoms with Gasteiger partial charge in [-0.15, -0.1) is 11.6 Å². The number of alkyl halides is 1. The number of hydrogen-bond acceptors (Lipinski definition) is 7. The highest BCUT2D eigenvalue weighted by Gasteiger charge is 2.22. The van der Waals surface area contributed by atoms with Gasteiger partial charge in [0.05, 0.1) is 35.0 Å². The second kappa shape index (κ2) is 8.12. The van der Waals surface area contributed by atoms with E-state index < -0.39 is 0 Å². The maximum Gasteiger partial charge on any atom is 0.227 e. The highest BCUT2D eigenvalue weighted by Crippen LogP contribution is 2.29.